The van der Waals surface area contributed by atoms with Gasteiger partial charge in [-0.15, -0.1) is 0 Å². The van der Waals surface area contributed by atoms with Crippen LogP contribution in [-0.2, 0) is 11.2 Å². The van der Waals surface area contributed by atoms with Crippen LogP contribution in [0.5, 0.6) is 0 Å². The zero-order valence-electron chi connectivity index (χ0n) is 18.7. The van der Waals surface area contributed by atoms with Gasteiger partial charge in [-0.25, -0.2) is 9.97 Å². The van der Waals surface area contributed by atoms with E-state index >= 15 is 0 Å². The lowest BCUT2D eigenvalue weighted by molar-refractivity contribution is -0.167. The first-order chi connectivity index (χ1) is 17.1. The molecule has 1 unspecified atom stereocenters. The van der Waals surface area contributed by atoms with E-state index < -0.39 is 24.3 Å². The van der Waals surface area contributed by atoms with E-state index in [1.807, 2.05) is 22.9 Å². The van der Waals surface area contributed by atoms with Gasteiger partial charge in [-0.05, 0) is 48.9 Å². The van der Waals surface area contributed by atoms with Crippen LogP contribution in [0.3, 0.4) is 0 Å². The van der Waals surface area contributed by atoms with Crippen molar-refractivity contribution < 1.29 is 28.2 Å². The van der Waals surface area contributed by atoms with E-state index in [2.05, 4.69) is 15.0 Å². The third kappa shape index (κ3) is 4.61. The van der Waals surface area contributed by atoms with Gasteiger partial charge in [0.05, 0.1) is 22.7 Å². The molecule has 0 radical (unpaired) electrons. The van der Waals surface area contributed by atoms with Crippen molar-refractivity contribution in [2.45, 2.75) is 43.7 Å². The highest BCUT2D eigenvalue weighted by molar-refractivity contribution is 6.34. The number of hydrogen-bond acceptors (Lipinski definition) is 6. The number of aliphatic hydroxyl groups excluding tert-OH is 2. The summed E-state index contributed by atoms with van der Waals surface area (Å²) in [6, 6.07) is 8.20. The lowest BCUT2D eigenvalue weighted by atomic mass is 9.95. The Morgan fingerprint density at radius 2 is 1.89 bits per heavy atom. The van der Waals surface area contributed by atoms with E-state index in [0.29, 0.717) is 41.3 Å². The molecule has 1 saturated carbocycles. The summed E-state index contributed by atoms with van der Waals surface area (Å²) >= 11 is 6.00. The number of aliphatic hydroxyl groups is 2. The third-order valence-electron chi connectivity index (χ3n) is 6.60. The molecule has 1 aliphatic carbocycles. The molecule has 3 N–H and O–H groups in total. The van der Waals surface area contributed by atoms with Gasteiger partial charge in [-0.3, -0.25) is 9.78 Å². The van der Waals surface area contributed by atoms with Crippen molar-refractivity contribution in [2.24, 2.45) is 5.92 Å². The minimum Gasteiger partial charge on any atom is -0.390 e. The molecule has 5 rings (SSSR count). The molecule has 0 saturated heterocycles. The van der Waals surface area contributed by atoms with Crippen LogP contribution < -0.4 is 5.32 Å². The summed E-state index contributed by atoms with van der Waals surface area (Å²) in [7, 11) is 0. The Balaban J connectivity index is 1.31. The predicted molar refractivity (Wildman–Crippen MR) is 126 cm³/mol. The lowest BCUT2D eigenvalue weighted by Crippen LogP contribution is -2.30. The second-order valence-corrected chi connectivity index (χ2v) is 9.28. The standard InChI is InChI=1S/C24H21ClF3N5O3/c25-15-10-13-3-1-12(9-17(13)31-21(15)32-23(36)24(26,27)28)2-4-14-11-18(20(35)19(14)34)33-8-5-16-22(33)30-7-6-29-16/h1,3,5-10,14,18-20,34-35H,2,4,11H2,(H,31,32,36)/t14?,18-,19-,20+/m1/s1. The number of carbonyl (C=O) groups excluding carboxylic acids is 1. The molecule has 1 fully saturated rings. The minimum atomic E-state index is -5.06. The predicted octanol–water partition coefficient (Wildman–Crippen LogP) is 4.05. The molecular weight excluding hydrogens is 499 g/mol. The first-order valence-electron chi connectivity index (χ1n) is 11.2. The number of fused-ring (bicyclic) bond motifs is 2. The van der Waals surface area contributed by atoms with Crippen LogP contribution in [0.15, 0.2) is 48.9 Å². The fourth-order valence-electron chi connectivity index (χ4n) is 4.77. The number of hydrogen-bond donors (Lipinski definition) is 3. The zero-order chi connectivity index (χ0) is 25.6. The number of nitrogens with zero attached hydrogens (tertiary/aromatic N) is 4. The first kappa shape index (κ1) is 24.4. The molecule has 188 valence electrons. The molecule has 0 aliphatic heterocycles. The number of rotatable bonds is 5. The highest BCUT2D eigenvalue weighted by Gasteiger charge is 2.42. The molecule has 3 heterocycles. The van der Waals surface area contributed by atoms with Crippen LogP contribution in [0.25, 0.3) is 22.1 Å². The second-order valence-electron chi connectivity index (χ2n) is 8.87. The molecule has 4 atom stereocenters. The largest absolute Gasteiger partial charge is 0.471 e. The quantitative estimate of drug-likeness (QED) is 0.367. The van der Waals surface area contributed by atoms with E-state index in [1.165, 1.54) is 6.07 Å². The van der Waals surface area contributed by atoms with Gasteiger partial charge in [-0.2, -0.15) is 13.2 Å². The Morgan fingerprint density at radius 3 is 2.67 bits per heavy atom. The molecule has 0 bridgehead atoms. The SMILES string of the molecule is O=C(Nc1nc2cc(CCC3C[C@@H](n4ccc5nccnc54)[C@H](O)[C@@H]3O)ccc2cc1Cl)C(F)(F)F. The normalized spacial score (nSPS) is 22.4. The third-order valence-corrected chi connectivity index (χ3v) is 6.89. The number of alkyl halides is 3. The molecule has 1 aliphatic rings. The Bertz CT molecular complexity index is 1440. The van der Waals surface area contributed by atoms with Crippen LogP contribution in [0.4, 0.5) is 19.0 Å². The monoisotopic (exact) mass is 519 g/mol. The molecular formula is C24H21ClF3N5O3. The van der Waals surface area contributed by atoms with Crippen LogP contribution in [0.2, 0.25) is 5.02 Å². The number of anilines is 1. The fraction of sp³-hybridized carbons (Fsp3) is 0.333. The van der Waals surface area contributed by atoms with Crippen LogP contribution in [0.1, 0.15) is 24.4 Å². The average molecular weight is 520 g/mol. The summed E-state index contributed by atoms with van der Waals surface area (Å²) in [5.41, 5.74) is 2.56. The number of halogens is 4. The highest BCUT2D eigenvalue weighted by Crippen LogP contribution is 2.39. The van der Waals surface area contributed by atoms with E-state index in [0.717, 1.165) is 5.56 Å². The van der Waals surface area contributed by atoms with E-state index in [1.54, 1.807) is 29.8 Å². The number of nitrogens with one attached hydrogen (secondary N) is 1. The number of pyridine rings is 1. The van der Waals surface area contributed by atoms with Crippen molar-refractivity contribution in [3.05, 3.63) is 59.5 Å². The van der Waals surface area contributed by atoms with Gasteiger partial charge in [0.2, 0.25) is 0 Å². The second kappa shape index (κ2) is 9.30. The Labute approximate surface area is 207 Å². The van der Waals surface area contributed by atoms with Gasteiger partial charge < -0.3 is 20.1 Å². The van der Waals surface area contributed by atoms with Crippen molar-refractivity contribution >= 4 is 45.4 Å². The Hall–Kier alpha value is -3.28. The topological polar surface area (TPSA) is 113 Å². The molecule has 36 heavy (non-hydrogen) atoms. The van der Waals surface area contributed by atoms with E-state index in [4.69, 9.17) is 11.6 Å². The minimum absolute atomic E-state index is 0.107. The molecule has 4 aromatic rings. The van der Waals surface area contributed by atoms with Crippen molar-refractivity contribution in [3.63, 3.8) is 0 Å². The number of aryl methyl sites for hydroxylation is 1. The van der Waals surface area contributed by atoms with E-state index in [-0.39, 0.29) is 22.8 Å². The van der Waals surface area contributed by atoms with Crippen LogP contribution in [0, 0.1) is 5.92 Å². The number of aromatic nitrogens is 4. The van der Waals surface area contributed by atoms with Crippen molar-refractivity contribution in [3.8, 4) is 0 Å². The summed E-state index contributed by atoms with van der Waals surface area (Å²) in [5, 5.41) is 23.6. The summed E-state index contributed by atoms with van der Waals surface area (Å²) in [5.74, 6) is -2.71. The summed E-state index contributed by atoms with van der Waals surface area (Å²) in [4.78, 5) is 24.0. The lowest BCUT2D eigenvalue weighted by Gasteiger charge is -2.18. The smallest absolute Gasteiger partial charge is 0.390 e. The maximum absolute atomic E-state index is 12.6. The summed E-state index contributed by atoms with van der Waals surface area (Å²) in [6.45, 7) is 0. The highest BCUT2D eigenvalue weighted by atomic mass is 35.5. The summed E-state index contributed by atoms with van der Waals surface area (Å²) in [6.07, 6.45) is -0.330. The maximum atomic E-state index is 12.6. The van der Waals surface area contributed by atoms with E-state index in [9.17, 15) is 28.2 Å². The fourth-order valence-corrected chi connectivity index (χ4v) is 4.98. The van der Waals surface area contributed by atoms with Crippen LogP contribution >= 0.6 is 11.6 Å². The molecule has 3 aromatic heterocycles. The molecule has 8 nitrogen and oxygen atoms in total. The average Bonchev–Trinajstić information content (AvgIpc) is 3.38. The number of benzene rings is 1. The van der Waals surface area contributed by atoms with Gasteiger partial charge >= 0.3 is 12.1 Å². The van der Waals surface area contributed by atoms with Gasteiger partial charge in [0.1, 0.15) is 11.6 Å². The number of carbonyl (C=O) groups is 1. The molecule has 12 heteroatoms. The maximum Gasteiger partial charge on any atom is 0.471 e. The first-order valence-corrected chi connectivity index (χ1v) is 11.6. The van der Waals surface area contributed by atoms with Crippen molar-refractivity contribution in [1.29, 1.82) is 0 Å². The molecule has 1 amide bonds. The molecule has 1 aromatic carbocycles. The van der Waals surface area contributed by atoms with Gasteiger partial charge in [0.15, 0.2) is 11.5 Å². The van der Waals surface area contributed by atoms with Crippen LogP contribution in [-0.4, -0.2) is 54.0 Å². The van der Waals surface area contributed by atoms with Gasteiger partial charge in [-0.1, -0.05) is 23.7 Å². The van der Waals surface area contributed by atoms with Gasteiger partial charge in [0.25, 0.3) is 0 Å². The summed E-state index contributed by atoms with van der Waals surface area (Å²) < 4.78 is 39.7. The van der Waals surface area contributed by atoms with Crippen molar-refractivity contribution in [2.75, 3.05) is 5.32 Å². The Morgan fingerprint density at radius 1 is 1.11 bits per heavy atom. The number of amides is 1. The van der Waals surface area contributed by atoms with Crippen molar-refractivity contribution in [1.82, 2.24) is 19.5 Å². The Kier molecular flexibility index (Phi) is 6.31. The zero-order valence-corrected chi connectivity index (χ0v) is 19.4. The van der Waals surface area contributed by atoms with Gasteiger partial charge in [0, 0.05) is 24.0 Å². The molecule has 0 spiro atoms.